The van der Waals surface area contributed by atoms with E-state index in [-0.39, 0.29) is 6.54 Å². The fraction of sp³-hybridized carbons (Fsp3) is 0.667. The van der Waals surface area contributed by atoms with Crippen LogP contribution in [0.25, 0.3) is 0 Å². The van der Waals surface area contributed by atoms with Crippen molar-refractivity contribution in [3.63, 3.8) is 0 Å². The summed E-state index contributed by atoms with van der Waals surface area (Å²) in [6.07, 6.45) is 0.472. The summed E-state index contributed by atoms with van der Waals surface area (Å²) in [7, 11) is 0. The van der Waals surface area contributed by atoms with Gasteiger partial charge in [-0.3, -0.25) is 4.79 Å². The Morgan fingerprint density at radius 2 is 2.12 bits per heavy atom. The van der Waals surface area contributed by atoms with Gasteiger partial charge in [0.05, 0.1) is 12.5 Å². The maximum Gasteiger partial charge on any atom is 0.328 e. The number of carbonyl (C=O) groups excluding carboxylic acids is 2. The first-order valence-corrected chi connectivity index (χ1v) is 5.14. The molecule has 1 rings (SSSR count). The Kier molecular flexibility index (Phi) is 4.27. The Bertz CT molecular complexity index is 333. The predicted molar refractivity (Wildman–Crippen MR) is 55.9 cm³/mol. The number of rotatable bonds is 4. The van der Waals surface area contributed by atoms with Gasteiger partial charge >= 0.3 is 12.0 Å². The Morgan fingerprint density at radius 1 is 1.47 bits per heavy atom. The molecule has 0 spiro atoms. The zero-order valence-corrected chi connectivity index (χ0v) is 9.13. The Morgan fingerprint density at radius 3 is 2.53 bits per heavy atom. The van der Waals surface area contributed by atoms with E-state index in [0.717, 1.165) is 0 Å². The quantitative estimate of drug-likeness (QED) is 0.452. The highest BCUT2D eigenvalue weighted by Crippen LogP contribution is 2.15. The number of carbonyl (C=O) groups is 3. The number of aliphatic hydroxyl groups is 1. The van der Waals surface area contributed by atoms with Crippen LogP contribution < -0.4 is 11.1 Å². The number of carboxylic acid groups (broad SMARTS) is 1. The summed E-state index contributed by atoms with van der Waals surface area (Å²) >= 11 is 0. The zero-order valence-electron chi connectivity index (χ0n) is 9.13. The minimum absolute atomic E-state index is 0.179. The molecule has 0 bridgehead atoms. The molecule has 1 aliphatic heterocycles. The van der Waals surface area contributed by atoms with Gasteiger partial charge in [-0.2, -0.15) is 0 Å². The molecule has 0 aromatic rings. The Balaban J connectivity index is 2.49. The molecular formula is C9H15N3O5. The molecule has 2 unspecified atom stereocenters. The molecule has 17 heavy (non-hydrogen) atoms. The van der Waals surface area contributed by atoms with Crippen molar-refractivity contribution in [1.29, 1.82) is 0 Å². The van der Waals surface area contributed by atoms with Crippen LogP contribution in [0, 0.1) is 5.92 Å². The lowest BCUT2D eigenvalue weighted by Crippen LogP contribution is -2.49. The number of aliphatic hydroxyl groups excluding tert-OH is 1. The number of amides is 3. The maximum atomic E-state index is 11.6. The largest absolute Gasteiger partial charge is 0.480 e. The molecule has 0 aromatic heterocycles. The molecule has 0 saturated carbocycles. The average Bonchev–Trinajstić information content (AvgIpc) is 2.74. The van der Waals surface area contributed by atoms with Crippen LogP contribution >= 0.6 is 0 Å². The van der Waals surface area contributed by atoms with E-state index in [1.54, 1.807) is 0 Å². The number of likely N-dealkylation sites (tertiary alicyclic amines) is 1. The van der Waals surface area contributed by atoms with E-state index in [9.17, 15) is 14.4 Å². The van der Waals surface area contributed by atoms with Crippen LogP contribution in [0.2, 0.25) is 0 Å². The lowest BCUT2D eigenvalue weighted by atomic mass is 10.1. The van der Waals surface area contributed by atoms with Crippen LogP contribution in [0.1, 0.15) is 6.42 Å². The highest BCUT2D eigenvalue weighted by Gasteiger charge is 2.31. The van der Waals surface area contributed by atoms with Crippen molar-refractivity contribution in [3.05, 3.63) is 0 Å². The SMILES string of the molecule is NC(=O)C1CCN(C(=O)NC(CO)C(=O)O)C1. The van der Waals surface area contributed by atoms with Crippen LogP contribution in [0.5, 0.6) is 0 Å². The lowest BCUT2D eigenvalue weighted by molar-refractivity contribution is -0.140. The first kappa shape index (κ1) is 13.2. The summed E-state index contributed by atoms with van der Waals surface area (Å²) in [6, 6.07) is -1.95. The van der Waals surface area contributed by atoms with Gasteiger partial charge in [-0.25, -0.2) is 9.59 Å². The number of primary amides is 1. The average molecular weight is 245 g/mol. The molecule has 96 valence electrons. The van der Waals surface area contributed by atoms with Gasteiger partial charge in [0.2, 0.25) is 5.91 Å². The fourth-order valence-electron chi connectivity index (χ4n) is 1.60. The molecule has 8 heteroatoms. The summed E-state index contributed by atoms with van der Waals surface area (Å²) < 4.78 is 0. The Labute approximate surface area is 97.4 Å². The van der Waals surface area contributed by atoms with E-state index in [1.807, 2.05) is 0 Å². The third kappa shape index (κ3) is 3.31. The van der Waals surface area contributed by atoms with E-state index in [1.165, 1.54) is 4.90 Å². The number of carboxylic acids is 1. The number of nitrogens with zero attached hydrogens (tertiary/aromatic N) is 1. The predicted octanol–water partition coefficient (Wildman–Crippen LogP) is -2.05. The highest BCUT2D eigenvalue weighted by molar-refractivity contribution is 5.84. The fourth-order valence-corrected chi connectivity index (χ4v) is 1.60. The molecule has 2 atom stereocenters. The van der Waals surface area contributed by atoms with Crippen LogP contribution in [0.3, 0.4) is 0 Å². The summed E-state index contributed by atoms with van der Waals surface area (Å²) in [6.45, 7) is -0.162. The molecule has 1 heterocycles. The van der Waals surface area contributed by atoms with E-state index >= 15 is 0 Å². The van der Waals surface area contributed by atoms with Gasteiger partial charge in [0.15, 0.2) is 6.04 Å². The maximum absolute atomic E-state index is 11.6. The van der Waals surface area contributed by atoms with Crippen molar-refractivity contribution in [2.45, 2.75) is 12.5 Å². The first-order valence-electron chi connectivity index (χ1n) is 5.14. The lowest BCUT2D eigenvalue weighted by Gasteiger charge is -2.19. The van der Waals surface area contributed by atoms with Crippen LogP contribution in [-0.2, 0) is 9.59 Å². The molecule has 5 N–H and O–H groups in total. The van der Waals surface area contributed by atoms with Gasteiger partial charge in [-0.05, 0) is 6.42 Å². The standard InChI is InChI=1S/C9H15N3O5/c10-7(14)5-1-2-12(3-5)9(17)11-6(4-13)8(15)16/h5-6,13H,1-4H2,(H2,10,14)(H,11,17)(H,15,16). The van der Waals surface area contributed by atoms with Crippen LogP contribution in [0.15, 0.2) is 0 Å². The van der Waals surface area contributed by atoms with Crippen molar-refractivity contribution in [2.24, 2.45) is 11.7 Å². The second-order valence-electron chi connectivity index (χ2n) is 3.86. The van der Waals surface area contributed by atoms with Gasteiger partial charge < -0.3 is 26.2 Å². The molecule has 3 amide bonds. The van der Waals surface area contributed by atoms with Gasteiger partial charge in [-0.1, -0.05) is 0 Å². The molecule has 8 nitrogen and oxygen atoms in total. The normalized spacial score (nSPS) is 21.0. The first-order chi connectivity index (χ1) is 7.95. The molecule has 0 aliphatic carbocycles. The molecule has 1 aliphatic rings. The number of urea groups is 1. The monoisotopic (exact) mass is 245 g/mol. The smallest absolute Gasteiger partial charge is 0.328 e. The molecular weight excluding hydrogens is 230 g/mol. The number of nitrogens with two attached hydrogens (primary N) is 1. The van der Waals surface area contributed by atoms with E-state index < -0.39 is 36.5 Å². The highest BCUT2D eigenvalue weighted by atomic mass is 16.4. The van der Waals surface area contributed by atoms with Gasteiger partial charge in [-0.15, -0.1) is 0 Å². The molecule has 0 radical (unpaired) electrons. The summed E-state index contributed by atoms with van der Waals surface area (Å²) in [5.41, 5.74) is 5.10. The minimum Gasteiger partial charge on any atom is -0.480 e. The molecule has 1 fully saturated rings. The number of hydrogen-bond acceptors (Lipinski definition) is 4. The van der Waals surface area contributed by atoms with Gasteiger partial charge in [0.1, 0.15) is 0 Å². The minimum atomic E-state index is -1.34. The second-order valence-corrected chi connectivity index (χ2v) is 3.86. The van der Waals surface area contributed by atoms with Crippen molar-refractivity contribution in [1.82, 2.24) is 10.2 Å². The van der Waals surface area contributed by atoms with Crippen molar-refractivity contribution < 1.29 is 24.6 Å². The third-order valence-corrected chi connectivity index (χ3v) is 2.66. The molecule has 1 saturated heterocycles. The van der Waals surface area contributed by atoms with E-state index in [2.05, 4.69) is 5.32 Å². The number of nitrogens with one attached hydrogen (secondary N) is 1. The Hall–Kier alpha value is -1.83. The topological polar surface area (TPSA) is 133 Å². The van der Waals surface area contributed by atoms with Crippen molar-refractivity contribution >= 4 is 17.9 Å². The van der Waals surface area contributed by atoms with Crippen LogP contribution in [0.4, 0.5) is 4.79 Å². The van der Waals surface area contributed by atoms with E-state index in [4.69, 9.17) is 15.9 Å². The zero-order chi connectivity index (χ0) is 13.0. The van der Waals surface area contributed by atoms with Crippen molar-refractivity contribution in [2.75, 3.05) is 19.7 Å². The van der Waals surface area contributed by atoms with Gasteiger partial charge in [0, 0.05) is 13.1 Å². The second kappa shape index (κ2) is 5.48. The number of aliphatic carboxylic acids is 1. The van der Waals surface area contributed by atoms with E-state index in [0.29, 0.717) is 13.0 Å². The third-order valence-electron chi connectivity index (χ3n) is 2.66. The number of hydrogen-bond donors (Lipinski definition) is 4. The van der Waals surface area contributed by atoms with Crippen molar-refractivity contribution in [3.8, 4) is 0 Å². The van der Waals surface area contributed by atoms with Crippen LogP contribution in [-0.4, -0.2) is 58.8 Å². The summed E-state index contributed by atoms with van der Waals surface area (Å²) in [4.78, 5) is 34.4. The molecule has 0 aromatic carbocycles. The summed E-state index contributed by atoms with van der Waals surface area (Å²) in [5.74, 6) is -2.18. The van der Waals surface area contributed by atoms with Gasteiger partial charge in [0.25, 0.3) is 0 Å². The summed E-state index contributed by atoms with van der Waals surface area (Å²) in [5, 5.41) is 19.5.